The highest BCUT2D eigenvalue weighted by Crippen LogP contribution is 2.23. The molecule has 23 heavy (non-hydrogen) atoms. The van der Waals surface area contributed by atoms with Crippen LogP contribution in [-0.4, -0.2) is 12.5 Å². The van der Waals surface area contributed by atoms with Crippen LogP contribution in [0.1, 0.15) is 36.5 Å². The molecule has 2 aromatic carbocycles. The van der Waals surface area contributed by atoms with Gasteiger partial charge >= 0.3 is 0 Å². The van der Waals surface area contributed by atoms with E-state index in [1.165, 1.54) is 11.1 Å². The Hall–Kier alpha value is -2.49. The molecule has 1 amide bonds. The van der Waals surface area contributed by atoms with Gasteiger partial charge in [0.25, 0.3) is 5.91 Å². The molecule has 0 aliphatic carbocycles. The maximum atomic E-state index is 12.0. The highest BCUT2D eigenvalue weighted by molar-refractivity contribution is 5.93. The maximum absolute atomic E-state index is 12.0. The first-order chi connectivity index (χ1) is 10.9. The lowest BCUT2D eigenvalue weighted by Gasteiger charge is -2.13. The van der Waals surface area contributed by atoms with Gasteiger partial charge in [-0.3, -0.25) is 4.79 Å². The van der Waals surface area contributed by atoms with E-state index in [0.717, 1.165) is 5.56 Å². The van der Waals surface area contributed by atoms with Crippen molar-refractivity contribution in [2.45, 2.75) is 33.6 Å². The van der Waals surface area contributed by atoms with Crippen LogP contribution in [0.3, 0.4) is 0 Å². The fourth-order valence-electron chi connectivity index (χ4n) is 2.50. The molecule has 2 aromatic rings. The number of rotatable bonds is 5. The summed E-state index contributed by atoms with van der Waals surface area (Å²) in [4.78, 5) is 12.0. The van der Waals surface area contributed by atoms with Gasteiger partial charge in [0.1, 0.15) is 5.75 Å². The molecule has 4 heteroatoms. The average Bonchev–Trinajstić information content (AvgIpc) is 2.48. The normalized spacial score (nSPS) is 10.7. The molecule has 0 radical (unpaired) electrons. The molecule has 0 unspecified atom stereocenters. The van der Waals surface area contributed by atoms with Crippen molar-refractivity contribution in [2.75, 3.05) is 17.7 Å². The summed E-state index contributed by atoms with van der Waals surface area (Å²) in [6.07, 6.45) is 0. The van der Waals surface area contributed by atoms with E-state index >= 15 is 0 Å². The number of carbonyl (C=O) groups excluding carboxylic acids is 1. The Morgan fingerprint density at radius 3 is 2.52 bits per heavy atom. The van der Waals surface area contributed by atoms with Crippen LogP contribution in [0, 0.1) is 13.8 Å². The summed E-state index contributed by atoms with van der Waals surface area (Å²) in [5.74, 6) is 0.967. The van der Waals surface area contributed by atoms with Crippen LogP contribution in [0.15, 0.2) is 36.4 Å². The molecule has 0 aliphatic heterocycles. The topological polar surface area (TPSA) is 64.3 Å². The predicted octanol–water partition coefficient (Wildman–Crippen LogP) is 4.03. The van der Waals surface area contributed by atoms with Gasteiger partial charge in [0.2, 0.25) is 0 Å². The van der Waals surface area contributed by atoms with Crippen molar-refractivity contribution in [1.82, 2.24) is 0 Å². The molecular weight excluding hydrogens is 288 g/mol. The number of amides is 1. The van der Waals surface area contributed by atoms with Gasteiger partial charge in [0, 0.05) is 11.4 Å². The standard InChI is InChI=1S/C19H24N2O2/c1-12(2)17-8-7-16(9-14(17)4)23-11-19(22)21-18-10-15(20)6-5-13(18)3/h5-10,12H,11,20H2,1-4H3,(H,21,22). The second-order valence-corrected chi connectivity index (χ2v) is 6.08. The Kier molecular flexibility index (Phi) is 5.27. The highest BCUT2D eigenvalue weighted by Gasteiger charge is 2.08. The van der Waals surface area contributed by atoms with Gasteiger partial charge in [-0.1, -0.05) is 26.0 Å². The Balaban J connectivity index is 1.97. The number of anilines is 2. The summed E-state index contributed by atoms with van der Waals surface area (Å²) in [5.41, 5.74) is 10.5. The van der Waals surface area contributed by atoms with Crippen molar-refractivity contribution >= 4 is 17.3 Å². The van der Waals surface area contributed by atoms with Gasteiger partial charge in [0.15, 0.2) is 6.61 Å². The molecule has 122 valence electrons. The third kappa shape index (κ3) is 4.49. The van der Waals surface area contributed by atoms with Crippen molar-refractivity contribution in [3.05, 3.63) is 53.1 Å². The lowest BCUT2D eigenvalue weighted by Crippen LogP contribution is -2.20. The van der Waals surface area contributed by atoms with Gasteiger partial charge in [-0.05, 0) is 60.7 Å². The largest absolute Gasteiger partial charge is 0.484 e. The Labute approximate surface area is 137 Å². The van der Waals surface area contributed by atoms with Gasteiger partial charge in [0.05, 0.1) is 0 Å². The van der Waals surface area contributed by atoms with Crippen LogP contribution in [0.5, 0.6) is 5.75 Å². The molecule has 0 fully saturated rings. The lowest BCUT2D eigenvalue weighted by molar-refractivity contribution is -0.118. The average molecular weight is 312 g/mol. The zero-order valence-corrected chi connectivity index (χ0v) is 14.1. The number of carbonyl (C=O) groups is 1. The lowest BCUT2D eigenvalue weighted by atomic mass is 9.98. The number of hydrogen-bond acceptors (Lipinski definition) is 3. The van der Waals surface area contributed by atoms with E-state index in [-0.39, 0.29) is 12.5 Å². The molecule has 3 N–H and O–H groups in total. The third-order valence-corrected chi connectivity index (χ3v) is 3.77. The summed E-state index contributed by atoms with van der Waals surface area (Å²) >= 11 is 0. The van der Waals surface area contributed by atoms with Crippen molar-refractivity contribution in [2.24, 2.45) is 0 Å². The Morgan fingerprint density at radius 1 is 1.13 bits per heavy atom. The van der Waals surface area contributed by atoms with E-state index in [0.29, 0.717) is 23.0 Å². The van der Waals surface area contributed by atoms with Crippen LogP contribution in [0.25, 0.3) is 0 Å². The Morgan fingerprint density at radius 2 is 1.87 bits per heavy atom. The number of nitrogen functional groups attached to an aromatic ring is 1. The number of nitrogens with one attached hydrogen (secondary N) is 1. The van der Waals surface area contributed by atoms with E-state index in [1.54, 1.807) is 12.1 Å². The summed E-state index contributed by atoms with van der Waals surface area (Å²) in [6, 6.07) is 11.3. The molecule has 0 atom stereocenters. The summed E-state index contributed by atoms with van der Waals surface area (Å²) in [6.45, 7) is 8.26. The maximum Gasteiger partial charge on any atom is 0.262 e. The van der Waals surface area contributed by atoms with Crippen LogP contribution in [0.2, 0.25) is 0 Å². The molecule has 0 saturated carbocycles. The van der Waals surface area contributed by atoms with E-state index in [1.807, 2.05) is 25.1 Å². The van der Waals surface area contributed by atoms with E-state index < -0.39 is 0 Å². The van der Waals surface area contributed by atoms with Gasteiger partial charge in [-0.15, -0.1) is 0 Å². The zero-order valence-electron chi connectivity index (χ0n) is 14.1. The van der Waals surface area contributed by atoms with Crippen LogP contribution >= 0.6 is 0 Å². The van der Waals surface area contributed by atoms with Crippen molar-refractivity contribution in [1.29, 1.82) is 0 Å². The molecule has 0 spiro atoms. The number of hydrogen-bond donors (Lipinski definition) is 2. The van der Waals surface area contributed by atoms with Gasteiger partial charge < -0.3 is 15.8 Å². The quantitative estimate of drug-likeness (QED) is 0.819. The minimum Gasteiger partial charge on any atom is -0.484 e. The van der Waals surface area contributed by atoms with Crippen molar-refractivity contribution in [3.8, 4) is 5.75 Å². The second kappa shape index (κ2) is 7.18. The van der Waals surface area contributed by atoms with Gasteiger partial charge in [-0.2, -0.15) is 0 Å². The van der Waals surface area contributed by atoms with Crippen molar-refractivity contribution < 1.29 is 9.53 Å². The molecular formula is C19H24N2O2. The van der Waals surface area contributed by atoms with E-state index in [4.69, 9.17) is 10.5 Å². The summed E-state index contributed by atoms with van der Waals surface area (Å²) < 4.78 is 5.58. The third-order valence-electron chi connectivity index (χ3n) is 3.77. The van der Waals surface area contributed by atoms with Crippen LogP contribution in [0.4, 0.5) is 11.4 Å². The predicted molar refractivity (Wildman–Crippen MR) is 95.0 cm³/mol. The molecule has 2 rings (SSSR count). The van der Waals surface area contributed by atoms with Crippen molar-refractivity contribution in [3.63, 3.8) is 0 Å². The SMILES string of the molecule is Cc1ccc(N)cc1NC(=O)COc1ccc(C(C)C)c(C)c1. The summed E-state index contributed by atoms with van der Waals surface area (Å²) in [5, 5.41) is 2.82. The molecule has 0 aliphatic rings. The number of ether oxygens (including phenoxy) is 1. The monoisotopic (exact) mass is 312 g/mol. The molecule has 0 aromatic heterocycles. The first-order valence-corrected chi connectivity index (χ1v) is 7.76. The minimum atomic E-state index is -0.204. The van der Waals surface area contributed by atoms with Crippen LogP contribution in [-0.2, 0) is 4.79 Å². The fourth-order valence-corrected chi connectivity index (χ4v) is 2.50. The smallest absolute Gasteiger partial charge is 0.262 e. The molecule has 4 nitrogen and oxygen atoms in total. The second-order valence-electron chi connectivity index (χ2n) is 6.08. The zero-order chi connectivity index (χ0) is 17.0. The first kappa shape index (κ1) is 16.9. The Bertz CT molecular complexity index is 709. The molecule has 0 heterocycles. The summed E-state index contributed by atoms with van der Waals surface area (Å²) in [7, 11) is 0. The number of aryl methyl sites for hydroxylation is 2. The fraction of sp³-hybridized carbons (Fsp3) is 0.316. The van der Waals surface area contributed by atoms with E-state index in [9.17, 15) is 4.79 Å². The highest BCUT2D eigenvalue weighted by atomic mass is 16.5. The van der Waals surface area contributed by atoms with Crippen LogP contribution < -0.4 is 15.8 Å². The number of nitrogens with two attached hydrogens (primary N) is 1. The minimum absolute atomic E-state index is 0.0330. The number of benzene rings is 2. The van der Waals surface area contributed by atoms with Gasteiger partial charge in [-0.25, -0.2) is 0 Å². The van der Waals surface area contributed by atoms with E-state index in [2.05, 4.69) is 32.2 Å². The molecule has 0 saturated heterocycles. The molecule has 0 bridgehead atoms. The first-order valence-electron chi connectivity index (χ1n) is 7.76.